The molecule has 0 aliphatic heterocycles. The average Bonchev–Trinajstić information content (AvgIpc) is 2.25. The van der Waals surface area contributed by atoms with E-state index in [9.17, 15) is 13.2 Å². The Morgan fingerprint density at radius 1 is 1.41 bits per heavy atom. The molecule has 0 aromatic rings. The summed E-state index contributed by atoms with van der Waals surface area (Å²) >= 11 is 0. The van der Waals surface area contributed by atoms with Gasteiger partial charge in [0.2, 0.25) is 10.0 Å². The first-order chi connectivity index (χ1) is 7.82. The number of carbonyl (C=O) groups is 1. The van der Waals surface area contributed by atoms with Gasteiger partial charge in [-0.15, -0.1) is 6.42 Å². The quantitative estimate of drug-likeness (QED) is 0.563. The van der Waals surface area contributed by atoms with Crippen LogP contribution in [0.4, 0.5) is 4.79 Å². The van der Waals surface area contributed by atoms with E-state index in [1.165, 1.54) is 7.05 Å². The van der Waals surface area contributed by atoms with Crippen LogP contribution in [-0.2, 0) is 10.0 Å². The van der Waals surface area contributed by atoms with Gasteiger partial charge in [-0.2, -0.15) is 0 Å². The number of nitrogens with one attached hydrogen (secondary N) is 3. The summed E-state index contributed by atoms with van der Waals surface area (Å²) in [5.41, 5.74) is 0. The van der Waals surface area contributed by atoms with Gasteiger partial charge in [0.05, 0.1) is 11.8 Å². The normalized spacial score (nSPS) is 12.9. The summed E-state index contributed by atoms with van der Waals surface area (Å²) in [5.74, 6) is 2.40. The Balaban J connectivity index is 4.01. The van der Waals surface area contributed by atoms with Crippen LogP contribution in [0.25, 0.3) is 0 Å². The molecule has 0 aliphatic rings. The lowest BCUT2D eigenvalue weighted by Gasteiger charge is -2.16. The van der Waals surface area contributed by atoms with E-state index in [0.717, 1.165) is 0 Å². The maximum atomic E-state index is 11.4. The second kappa shape index (κ2) is 7.14. The molecule has 2 amide bonds. The third-order valence-electron chi connectivity index (χ3n) is 2.10. The van der Waals surface area contributed by atoms with Gasteiger partial charge in [0.1, 0.15) is 0 Å². The van der Waals surface area contributed by atoms with Gasteiger partial charge in [0.15, 0.2) is 0 Å². The fourth-order valence-corrected chi connectivity index (χ4v) is 1.57. The minimum atomic E-state index is -3.30. The summed E-state index contributed by atoms with van der Waals surface area (Å²) in [7, 11) is -1.98. The number of hydrogen-bond donors (Lipinski definition) is 3. The van der Waals surface area contributed by atoms with Gasteiger partial charge in [-0.25, -0.2) is 17.9 Å². The predicted octanol–water partition coefficient (Wildman–Crippen LogP) is -0.507. The Kier molecular flexibility index (Phi) is 6.61. The number of terminal acetylenes is 1. The lowest BCUT2D eigenvalue weighted by atomic mass is 10.1. The summed E-state index contributed by atoms with van der Waals surface area (Å²) in [4.78, 5) is 11.4. The third kappa shape index (κ3) is 6.81. The standard InChI is InChI=1S/C10H19N3O3S/c1-5-9(8(2)3)13-10(14)12-6-7-17(15,16)11-4/h1,8-9,11H,6-7H2,2-4H3,(H2,12,13,14)/t9-/m0/s1. The molecule has 0 saturated heterocycles. The second-order valence-corrected chi connectivity index (χ2v) is 5.86. The molecular weight excluding hydrogens is 242 g/mol. The fourth-order valence-electron chi connectivity index (χ4n) is 0.994. The molecule has 0 spiro atoms. The molecule has 0 rings (SSSR count). The first-order valence-electron chi connectivity index (χ1n) is 5.24. The van der Waals surface area contributed by atoms with Crippen LogP contribution in [0.3, 0.4) is 0 Å². The molecule has 0 fully saturated rings. The molecule has 0 aromatic carbocycles. The van der Waals surface area contributed by atoms with Crippen molar-refractivity contribution < 1.29 is 13.2 Å². The summed E-state index contributed by atoms with van der Waals surface area (Å²) < 4.78 is 24.3. The second-order valence-electron chi connectivity index (χ2n) is 3.81. The highest BCUT2D eigenvalue weighted by Gasteiger charge is 2.13. The maximum absolute atomic E-state index is 11.4. The minimum absolute atomic E-state index is 0.0321. The third-order valence-corrected chi connectivity index (χ3v) is 3.46. The highest BCUT2D eigenvalue weighted by atomic mass is 32.2. The van der Waals surface area contributed by atoms with Gasteiger partial charge < -0.3 is 10.6 Å². The number of carbonyl (C=O) groups excluding carboxylic acids is 1. The van der Waals surface area contributed by atoms with E-state index < -0.39 is 16.1 Å². The molecule has 7 heteroatoms. The summed E-state index contributed by atoms with van der Waals surface area (Å²) in [5, 5.41) is 5.00. The van der Waals surface area contributed by atoms with E-state index in [1.54, 1.807) is 0 Å². The van der Waals surface area contributed by atoms with Gasteiger partial charge in [-0.1, -0.05) is 19.8 Å². The van der Waals surface area contributed by atoms with Gasteiger partial charge in [-0.05, 0) is 13.0 Å². The first kappa shape index (κ1) is 15.7. The molecule has 17 heavy (non-hydrogen) atoms. The maximum Gasteiger partial charge on any atom is 0.315 e. The topological polar surface area (TPSA) is 87.3 Å². The zero-order chi connectivity index (χ0) is 13.5. The van der Waals surface area contributed by atoms with Crippen molar-refractivity contribution in [1.82, 2.24) is 15.4 Å². The van der Waals surface area contributed by atoms with E-state index in [2.05, 4.69) is 21.3 Å². The van der Waals surface area contributed by atoms with Crippen molar-refractivity contribution in [1.29, 1.82) is 0 Å². The minimum Gasteiger partial charge on any atom is -0.337 e. The fraction of sp³-hybridized carbons (Fsp3) is 0.700. The van der Waals surface area contributed by atoms with E-state index >= 15 is 0 Å². The molecule has 98 valence electrons. The van der Waals surface area contributed by atoms with Crippen molar-refractivity contribution in [2.45, 2.75) is 19.9 Å². The molecule has 0 aliphatic carbocycles. The van der Waals surface area contributed by atoms with Crippen LogP contribution in [0.1, 0.15) is 13.8 Å². The SMILES string of the molecule is C#C[C@H](NC(=O)NCCS(=O)(=O)NC)C(C)C. The number of amides is 2. The molecule has 1 atom stereocenters. The van der Waals surface area contributed by atoms with Crippen LogP contribution in [0.5, 0.6) is 0 Å². The van der Waals surface area contributed by atoms with E-state index in [0.29, 0.717) is 0 Å². The lowest BCUT2D eigenvalue weighted by molar-refractivity contribution is 0.237. The van der Waals surface area contributed by atoms with Crippen LogP contribution >= 0.6 is 0 Å². The number of urea groups is 1. The molecule has 0 heterocycles. The monoisotopic (exact) mass is 261 g/mol. The van der Waals surface area contributed by atoms with Crippen molar-refractivity contribution in [3.63, 3.8) is 0 Å². The first-order valence-corrected chi connectivity index (χ1v) is 6.89. The van der Waals surface area contributed by atoms with Crippen molar-refractivity contribution in [2.75, 3.05) is 19.3 Å². The van der Waals surface area contributed by atoms with Crippen LogP contribution < -0.4 is 15.4 Å². The van der Waals surface area contributed by atoms with Gasteiger partial charge in [0.25, 0.3) is 0 Å². The van der Waals surface area contributed by atoms with Crippen LogP contribution in [-0.4, -0.2) is 39.8 Å². The van der Waals surface area contributed by atoms with E-state index in [4.69, 9.17) is 6.42 Å². The summed E-state index contributed by atoms with van der Waals surface area (Å²) in [6.45, 7) is 3.80. The van der Waals surface area contributed by atoms with Crippen molar-refractivity contribution >= 4 is 16.1 Å². The summed E-state index contributed by atoms with van der Waals surface area (Å²) in [6, 6.07) is -0.830. The Morgan fingerprint density at radius 3 is 2.41 bits per heavy atom. The van der Waals surface area contributed by atoms with Gasteiger partial charge in [-0.3, -0.25) is 0 Å². The Morgan fingerprint density at radius 2 is 2.00 bits per heavy atom. The van der Waals surface area contributed by atoms with Gasteiger partial charge >= 0.3 is 6.03 Å². The zero-order valence-electron chi connectivity index (χ0n) is 10.3. The number of rotatable bonds is 6. The smallest absolute Gasteiger partial charge is 0.315 e. The van der Waals surface area contributed by atoms with Crippen molar-refractivity contribution in [3.05, 3.63) is 0 Å². The lowest BCUT2D eigenvalue weighted by Crippen LogP contribution is -2.45. The van der Waals surface area contributed by atoms with Crippen LogP contribution in [0, 0.1) is 18.3 Å². The molecule has 0 aromatic heterocycles. The van der Waals surface area contributed by atoms with Crippen molar-refractivity contribution in [2.24, 2.45) is 5.92 Å². The molecule has 3 N–H and O–H groups in total. The molecular formula is C10H19N3O3S. The Hall–Kier alpha value is -1.26. The highest BCUT2D eigenvalue weighted by Crippen LogP contribution is 1.98. The molecule has 0 saturated carbocycles. The predicted molar refractivity (Wildman–Crippen MR) is 66.8 cm³/mol. The molecule has 6 nitrogen and oxygen atoms in total. The molecule has 0 radical (unpaired) electrons. The van der Waals surface area contributed by atoms with Crippen molar-refractivity contribution in [3.8, 4) is 12.3 Å². The van der Waals surface area contributed by atoms with Crippen LogP contribution in [0.2, 0.25) is 0 Å². The number of hydrogen-bond acceptors (Lipinski definition) is 3. The largest absolute Gasteiger partial charge is 0.337 e. The summed E-state index contributed by atoms with van der Waals surface area (Å²) in [6.07, 6.45) is 5.24. The Bertz CT molecular complexity index is 384. The molecule has 0 unspecified atom stereocenters. The van der Waals surface area contributed by atoms with Crippen LogP contribution in [0.15, 0.2) is 0 Å². The molecule has 0 bridgehead atoms. The van der Waals surface area contributed by atoms with E-state index in [1.807, 2.05) is 13.8 Å². The average molecular weight is 261 g/mol. The zero-order valence-corrected chi connectivity index (χ0v) is 11.1. The van der Waals surface area contributed by atoms with Gasteiger partial charge in [0, 0.05) is 6.54 Å². The number of sulfonamides is 1. The Labute approximate surface area is 103 Å². The highest BCUT2D eigenvalue weighted by molar-refractivity contribution is 7.89. The van der Waals surface area contributed by atoms with E-state index in [-0.39, 0.29) is 24.3 Å².